The van der Waals surface area contributed by atoms with Crippen molar-refractivity contribution in [1.82, 2.24) is 9.78 Å². The maximum Gasteiger partial charge on any atom is 0.298 e. The molecule has 1 aromatic heterocycles. The molecule has 0 aliphatic heterocycles. The molecule has 0 spiro atoms. The third-order valence-electron chi connectivity index (χ3n) is 3.91. The molecular formula is C18H15ClN4O4. The van der Waals surface area contributed by atoms with E-state index in [9.17, 15) is 14.9 Å². The summed E-state index contributed by atoms with van der Waals surface area (Å²) < 4.78 is 6.35. The van der Waals surface area contributed by atoms with Crippen molar-refractivity contribution in [2.24, 2.45) is 4.99 Å². The summed E-state index contributed by atoms with van der Waals surface area (Å²) in [5, 5.41) is 14.8. The number of nitrogens with zero attached hydrogens (tertiary/aromatic N) is 3. The van der Waals surface area contributed by atoms with Crippen LogP contribution in [0.25, 0.3) is 5.69 Å². The molecule has 0 saturated heterocycles. The lowest BCUT2D eigenvalue weighted by Gasteiger charge is -2.01. The van der Waals surface area contributed by atoms with E-state index in [0.717, 1.165) is 0 Å². The van der Waals surface area contributed by atoms with Crippen LogP contribution in [0.5, 0.6) is 5.75 Å². The van der Waals surface area contributed by atoms with Crippen LogP contribution in [-0.4, -0.2) is 28.0 Å². The van der Waals surface area contributed by atoms with Gasteiger partial charge in [-0.2, -0.15) is 0 Å². The van der Waals surface area contributed by atoms with Gasteiger partial charge in [-0.15, -0.1) is 0 Å². The zero-order chi connectivity index (χ0) is 19.6. The second-order valence-electron chi connectivity index (χ2n) is 5.64. The number of hydrogen-bond acceptors (Lipinski definition) is 5. The van der Waals surface area contributed by atoms with E-state index in [4.69, 9.17) is 16.3 Å². The first-order valence-electron chi connectivity index (χ1n) is 7.84. The molecule has 0 aliphatic carbocycles. The van der Waals surface area contributed by atoms with Gasteiger partial charge in [-0.25, -0.2) is 9.67 Å². The molecular weight excluding hydrogens is 372 g/mol. The number of methoxy groups -OCH3 is 1. The number of hydrogen-bond donors (Lipinski definition) is 1. The lowest BCUT2D eigenvalue weighted by molar-refractivity contribution is -0.384. The Balaban J connectivity index is 2.01. The number of aromatic nitrogens is 2. The van der Waals surface area contributed by atoms with Crippen molar-refractivity contribution in [2.45, 2.75) is 6.92 Å². The largest absolute Gasteiger partial charge is 0.496 e. The average molecular weight is 387 g/mol. The molecule has 0 saturated carbocycles. The summed E-state index contributed by atoms with van der Waals surface area (Å²) in [4.78, 5) is 27.5. The van der Waals surface area contributed by atoms with Gasteiger partial charge in [-0.1, -0.05) is 11.6 Å². The number of nitro groups is 1. The molecule has 3 aromatic rings. The van der Waals surface area contributed by atoms with Crippen molar-refractivity contribution in [3.63, 3.8) is 0 Å². The highest BCUT2D eigenvalue weighted by molar-refractivity contribution is 6.30. The van der Waals surface area contributed by atoms with Crippen LogP contribution in [0.2, 0.25) is 5.02 Å². The van der Waals surface area contributed by atoms with E-state index < -0.39 is 4.92 Å². The third kappa shape index (κ3) is 3.75. The van der Waals surface area contributed by atoms with Crippen molar-refractivity contribution in [3.8, 4) is 11.4 Å². The predicted octanol–water partition coefficient (Wildman–Crippen LogP) is 3.79. The van der Waals surface area contributed by atoms with E-state index in [0.29, 0.717) is 27.7 Å². The first kappa shape index (κ1) is 18.4. The van der Waals surface area contributed by atoms with Gasteiger partial charge in [0, 0.05) is 16.9 Å². The van der Waals surface area contributed by atoms with Gasteiger partial charge in [0.05, 0.1) is 29.4 Å². The Kier molecular flexibility index (Phi) is 5.09. The minimum Gasteiger partial charge on any atom is -0.496 e. The first-order chi connectivity index (χ1) is 12.9. The summed E-state index contributed by atoms with van der Waals surface area (Å²) in [5.74, 6) is 0.351. The maximum absolute atomic E-state index is 12.7. The molecule has 0 atom stereocenters. The fourth-order valence-corrected chi connectivity index (χ4v) is 2.63. The topological polar surface area (TPSA) is 103 Å². The summed E-state index contributed by atoms with van der Waals surface area (Å²) in [6, 6.07) is 11.1. The van der Waals surface area contributed by atoms with Crippen LogP contribution in [0.3, 0.4) is 0 Å². The zero-order valence-corrected chi connectivity index (χ0v) is 15.2. The van der Waals surface area contributed by atoms with Crippen molar-refractivity contribution >= 4 is 29.2 Å². The maximum atomic E-state index is 12.7. The molecule has 3 rings (SSSR count). The van der Waals surface area contributed by atoms with Crippen molar-refractivity contribution in [3.05, 3.63) is 79.2 Å². The Hall–Kier alpha value is -3.39. The normalized spacial score (nSPS) is 11.1. The van der Waals surface area contributed by atoms with Gasteiger partial charge in [0.25, 0.3) is 11.2 Å². The van der Waals surface area contributed by atoms with E-state index in [1.165, 1.54) is 30.1 Å². The highest BCUT2D eigenvalue weighted by Gasteiger charge is 2.15. The molecule has 8 nitrogen and oxygen atoms in total. The number of aliphatic imine (C=N–C) groups is 1. The SMILES string of the molecule is COc1ccc(N=Cc2c(C)[nH]n(-c3ccc(Cl)cc3)c2=O)c([N+](=O)[O-])c1. The minimum atomic E-state index is -0.550. The van der Waals surface area contributed by atoms with E-state index in [2.05, 4.69) is 10.1 Å². The van der Waals surface area contributed by atoms with E-state index >= 15 is 0 Å². The van der Waals surface area contributed by atoms with Gasteiger partial charge in [-0.3, -0.25) is 20.0 Å². The number of aromatic amines is 1. The summed E-state index contributed by atoms with van der Waals surface area (Å²) in [6.07, 6.45) is 1.31. The van der Waals surface area contributed by atoms with Gasteiger partial charge < -0.3 is 4.74 Å². The van der Waals surface area contributed by atoms with Gasteiger partial charge in [0.2, 0.25) is 0 Å². The number of H-pyrrole nitrogens is 1. The van der Waals surface area contributed by atoms with Gasteiger partial charge >= 0.3 is 0 Å². The molecule has 0 unspecified atom stereocenters. The average Bonchev–Trinajstić information content (AvgIpc) is 2.94. The van der Waals surface area contributed by atoms with Crippen molar-refractivity contribution in [2.75, 3.05) is 7.11 Å². The Morgan fingerprint density at radius 1 is 1.26 bits per heavy atom. The summed E-state index contributed by atoms with van der Waals surface area (Å²) in [6.45, 7) is 1.72. The Bertz CT molecular complexity index is 1080. The Morgan fingerprint density at radius 3 is 2.59 bits per heavy atom. The van der Waals surface area contributed by atoms with E-state index in [1.54, 1.807) is 37.3 Å². The molecule has 0 aliphatic rings. The van der Waals surface area contributed by atoms with Crippen LogP contribution >= 0.6 is 11.6 Å². The minimum absolute atomic E-state index is 0.124. The molecule has 2 aromatic carbocycles. The standard InChI is InChI=1S/C18H15ClN4O4/c1-11-15(18(24)22(21-11)13-5-3-12(19)4-6-13)10-20-16-8-7-14(27-2)9-17(16)23(25)26/h3-10,21H,1-2H3. The van der Waals surface area contributed by atoms with E-state index in [1.807, 2.05) is 0 Å². The van der Waals surface area contributed by atoms with Crippen LogP contribution in [0.15, 0.2) is 52.3 Å². The molecule has 0 fully saturated rings. The number of benzene rings is 2. The molecule has 138 valence electrons. The number of aryl methyl sites for hydroxylation is 1. The van der Waals surface area contributed by atoms with Gasteiger partial charge in [-0.05, 0) is 43.3 Å². The quantitative estimate of drug-likeness (QED) is 0.409. The van der Waals surface area contributed by atoms with Crippen LogP contribution in [0.4, 0.5) is 11.4 Å². The van der Waals surface area contributed by atoms with Crippen molar-refractivity contribution in [1.29, 1.82) is 0 Å². The molecule has 27 heavy (non-hydrogen) atoms. The molecule has 1 N–H and O–H groups in total. The summed E-state index contributed by atoms with van der Waals surface area (Å²) in [5.41, 5.74) is 1.08. The molecule has 1 heterocycles. The van der Waals surface area contributed by atoms with Crippen LogP contribution < -0.4 is 10.3 Å². The fraction of sp³-hybridized carbons (Fsp3) is 0.111. The van der Waals surface area contributed by atoms with Gasteiger partial charge in [0.1, 0.15) is 11.4 Å². The Morgan fingerprint density at radius 2 is 1.96 bits per heavy atom. The predicted molar refractivity (Wildman–Crippen MR) is 103 cm³/mol. The smallest absolute Gasteiger partial charge is 0.298 e. The van der Waals surface area contributed by atoms with E-state index in [-0.39, 0.29) is 16.9 Å². The van der Waals surface area contributed by atoms with Crippen LogP contribution in [0, 0.1) is 17.0 Å². The highest BCUT2D eigenvalue weighted by Crippen LogP contribution is 2.31. The number of nitrogens with one attached hydrogen (secondary N) is 1. The van der Waals surface area contributed by atoms with Crippen LogP contribution in [-0.2, 0) is 0 Å². The first-order valence-corrected chi connectivity index (χ1v) is 8.22. The Labute approximate surface area is 158 Å². The summed E-state index contributed by atoms with van der Waals surface area (Å²) in [7, 11) is 1.42. The second kappa shape index (κ2) is 7.46. The number of halogens is 1. The fourth-order valence-electron chi connectivity index (χ4n) is 2.50. The van der Waals surface area contributed by atoms with Gasteiger partial charge in [0.15, 0.2) is 0 Å². The third-order valence-corrected chi connectivity index (χ3v) is 4.17. The second-order valence-corrected chi connectivity index (χ2v) is 6.07. The highest BCUT2D eigenvalue weighted by atomic mass is 35.5. The number of rotatable bonds is 5. The lowest BCUT2D eigenvalue weighted by atomic mass is 10.2. The number of ether oxygens (including phenoxy) is 1. The van der Waals surface area contributed by atoms with Crippen molar-refractivity contribution < 1.29 is 9.66 Å². The zero-order valence-electron chi connectivity index (χ0n) is 14.5. The molecule has 0 amide bonds. The van der Waals surface area contributed by atoms with Crippen LogP contribution in [0.1, 0.15) is 11.3 Å². The molecule has 0 radical (unpaired) electrons. The summed E-state index contributed by atoms with van der Waals surface area (Å²) >= 11 is 5.87. The number of nitro benzene ring substituents is 1. The lowest BCUT2D eigenvalue weighted by Crippen LogP contribution is -2.17. The molecule has 9 heteroatoms. The molecule has 0 bridgehead atoms. The monoisotopic (exact) mass is 386 g/mol.